The quantitative estimate of drug-likeness (QED) is 0.718. The fraction of sp³-hybridized carbons (Fsp3) is 0.769. The molecule has 1 aliphatic rings. The summed E-state index contributed by atoms with van der Waals surface area (Å²) in [5, 5.41) is 3.33. The number of carbonyl (C=O) groups excluding carboxylic acids is 1. The van der Waals surface area contributed by atoms with Crippen molar-refractivity contribution in [3.63, 3.8) is 0 Å². The first-order chi connectivity index (χ1) is 8.04. The molecule has 1 rings (SSSR count). The van der Waals surface area contributed by atoms with E-state index in [1.807, 2.05) is 18.7 Å². The van der Waals surface area contributed by atoms with Crippen molar-refractivity contribution in [1.82, 2.24) is 15.1 Å². The summed E-state index contributed by atoms with van der Waals surface area (Å²) in [6.07, 6.45) is 0. The molecule has 1 fully saturated rings. The Morgan fingerprint density at radius 3 is 2.82 bits per heavy atom. The SMILES string of the molecule is C=C(C)CN(CC)C(=O)CN1CCNCC1C. The maximum Gasteiger partial charge on any atom is 0.237 e. The van der Waals surface area contributed by atoms with Crippen LogP contribution in [0.1, 0.15) is 20.8 Å². The van der Waals surface area contributed by atoms with E-state index in [-0.39, 0.29) is 5.91 Å². The smallest absolute Gasteiger partial charge is 0.237 e. The lowest BCUT2D eigenvalue weighted by Crippen LogP contribution is -2.53. The van der Waals surface area contributed by atoms with Gasteiger partial charge >= 0.3 is 0 Å². The van der Waals surface area contributed by atoms with E-state index in [0.717, 1.165) is 31.8 Å². The molecule has 0 spiro atoms. The van der Waals surface area contributed by atoms with Crippen molar-refractivity contribution in [3.8, 4) is 0 Å². The van der Waals surface area contributed by atoms with Crippen LogP contribution < -0.4 is 5.32 Å². The normalized spacial score (nSPS) is 21.2. The standard InChI is InChI=1S/C13H25N3O/c1-5-15(9-11(2)3)13(17)10-16-7-6-14-8-12(16)4/h12,14H,2,5-10H2,1,3-4H3. The summed E-state index contributed by atoms with van der Waals surface area (Å²) in [5.74, 6) is 0.212. The van der Waals surface area contributed by atoms with Crippen molar-refractivity contribution in [2.24, 2.45) is 0 Å². The van der Waals surface area contributed by atoms with Crippen molar-refractivity contribution in [2.75, 3.05) is 39.3 Å². The molecule has 0 saturated carbocycles. The summed E-state index contributed by atoms with van der Waals surface area (Å²) in [5.41, 5.74) is 1.04. The molecule has 1 N–H and O–H groups in total. The Balaban J connectivity index is 2.47. The average Bonchev–Trinajstić information content (AvgIpc) is 2.28. The van der Waals surface area contributed by atoms with Gasteiger partial charge in [-0.05, 0) is 20.8 Å². The second-order valence-electron chi connectivity index (χ2n) is 4.89. The number of hydrogen-bond donors (Lipinski definition) is 1. The number of nitrogens with one attached hydrogen (secondary N) is 1. The van der Waals surface area contributed by atoms with E-state index in [0.29, 0.717) is 19.1 Å². The van der Waals surface area contributed by atoms with Gasteiger partial charge in [0.2, 0.25) is 5.91 Å². The second-order valence-corrected chi connectivity index (χ2v) is 4.89. The fourth-order valence-electron chi connectivity index (χ4n) is 2.09. The maximum absolute atomic E-state index is 12.1. The molecular weight excluding hydrogens is 214 g/mol. The number of nitrogens with zero attached hydrogens (tertiary/aromatic N) is 2. The fourth-order valence-corrected chi connectivity index (χ4v) is 2.09. The molecule has 0 aromatic rings. The Hall–Kier alpha value is -0.870. The van der Waals surface area contributed by atoms with Gasteiger partial charge in [0.25, 0.3) is 0 Å². The zero-order valence-corrected chi connectivity index (χ0v) is 11.3. The van der Waals surface area contributed by atoms with Gasteiger partial charge in [-0.25, -0.2) is 0 Å². The lowest BCUT2D eigenvalue weighted by Gasteiger charge is -2.34. The van der Waals surface area contributed by atoms with Crippen LogP contribution in [0.4, 0.5) is 0 Å². The van der Waals surface area contributed by atoms with E-state index in [9.17, 15) is 4.79 Å². The van der Waals surface area contributed by atoms with Gasteiger partial charge in [0, 0.05) is 38.8 Å². The number of piperazine rings is 1. The second kappa shape index (κ2) is 6.77. The van der Waals surface area contributed by atoms with Gasteiger partial charge in [-0.2, -0.15) is 0 Å². The summed E-state index contributed by atoms with van der Waals surface area (Å²) >= 11 is 0. The predicted octanol–water partition coefficient (Wildman–Crippen LogP) is 0.705. The van der Waals surface area contributed by atoms with E-state index in [1.165, 1.54) is 0 Å². The first kappa shape index (κ1) is 14.2. The lowest BCUT2D eigenvalue weighted by atomic mass is 10.2. The van der Waals surface area contributed by atoms with Crippen LogP contribution in [-0.4, -0.2) is 61.0 Å². The van der Waals surface area contributed by atoms with Crippen molar-refractivity contribution < 1.29 is 4.79 Å². The Labute approximate surface area is 105 Å². The number of likely N-dealkylation sites (N-methyl/N-ethyl adjacent to an activating group) is 1. The van der Waals surface area contributed by atoms with E-state index >= 15 is 0 Å². The Morgan fingerprint density at radius 1 is 1.59 bits per heavy atom. The molecule has 1 unspecified atom stereocenters. The van der Waals surface area contributed by atoms with Crippen LogP contribution in [0.15, 0.2) is 12.2 Å². The summed E-state index contributed by atoms with van der Waals surface area (Å²) in [6.45, 7) is 14.9. The van der Waals surface area contributed by atoms with Gasteiger partial charge in [-0.15, -0.1) is 0 Å². The molecule has 4 nitrogen and oxygen atoms in total. The van der Waals surface area contributed by atoms with Crippen LogP contribution in [0.25, 0.3) is 0 Å². The highest BCUT2D eigenvalue weighted by atomic mass is 16.2. The van der Waals surface area contributed by atoms with Crippen molar-refractivity contribution in [1.29, 1.82) is 0 Å². The Kier molecular flexibility index (Phi) is 5.65. The minimum Gasteiger partial charge on any atom is -0.338 e. The third kappa shape index (κ3) is 4.48. The summed E-state index contributed by atoms with van der Waals surface area (Å²) < 4.78 is 0. The molecule has 0 aromatic carbocycles. The van der Waals surface area contributed by atoms with Crippen LogP contribution in [0.5, 0.6) is 0 Å². The number of amides is 1. The Morgan fingerprint density at radius 2 is 2.29 bits per heavy atom. The van der Waals surface area contributed by atoms with Crippen LogP contribution in [0, 0.1) is 0 Å². The number of carbonyl (C=O) groups is 1. The van der Waals surface area contributed by atoms with Gasteiger partial charge in [0.15, 0.2) is 0 Å². The van der Waals surface area contributed by atoms with Crippen LogP contribution in [-0.2, 0) is 4.79 Å². The minimum absolute atomic E-state index is 0.212. The third-order valence-corrected chi connectivity index (χ3v) is 3.17. The highest BCUT2D eigenvalue weighted by Crippen LogP contribution is 2.04. The van der Waals surface area contributed by atoms with Crippen LogP contribution in [0.2, 0.25) is 0 Å². The molecule has 4 heteroatoms. The van der Waals surface area contributed by atoms with Crippen molar-refractivity contribution in [2.45, 2.75) is 26.8 Å². The summed E-state index contributed by atoms with van der Waals surface area (Å²) in [4.78, 5) is 16.3. The maximum atomic E-state index is 12.1. The minimum atomic E-state index is 0.212. The highest BCUT2D eigenvalue weighted by Gasteiger charge is 2.22. The van der Waals surface area contributed by atoms with Gasteiger partial charge in [-0.1, -0.05) is 12.2 Å². The molecular formula is C13H25N3O. The van der Waals surface area contributed by atoms with Gasteiger partial charge in [-0.3, -0.25) is 9.69 Å². The molecule has 0 aliphatic carbocycles. The van der Waals surface area contributed by atoms with Crippen LogP contribution >= 0.6 is 0 Å². The zero-order chi connectivity index (χ0) is 12.8. The van der Waals surface area contributed by atoms with Gasteiger partial charge in [0.05, 0.1) is 6.54 Å². The van der Waals surface area contributed by atoms with Crippen LogP contribution in [0.3, 0.4) is 0 Å². The Bertz CT molecular complexity index is 278. The molecule has 1 aliphatic heterocycles. The first-order valence-corrected chi connectivity index (χ1v) is 6.41. The summed E-state index contributed by atoms with van der Waals surface area (Å²) in [6, 6.07) is 0.441. The van der Waals surface area contributed by atoms with Gasteiger partial charge < -0.3 is 10.2 Å². The summed E-state index contributed by atoms with van der Waals surface area (Å²) in [7, 11) is 0. The average molecular weight is 239 g/mol. The largest absolute Gasteiger partial charge is 0.338 e. The van der Waals surface area contributed by atoms with Gasteiger partial charge in [0.1, 0.15) is 0 Å². The highest BCUT2D eigenvalue weighted by molar-refractivity contribution is 5.78. The first-order valence-electron chi connectivity index (χ1n) is 6.41. The van der Waals surface area contributed by atoms with E-state index in [2.05, 4.69) is 23.7 Å². The van der Waals surface area contributed by atoms with E-state index in [1.54, 1.807) is 0 Å². The van der Waals surface area contributed by atoms with E-state index in [4.69, 9.17) is 0 Å². The van der Waals surface area contributed by atoms with Crippen molar-refractivity contribution >= 4 is 5.91 Å². The monoisotopic (exact) mass is 239 g/mol. The zero-order valence-electron chi connectivity index (χ0n) is 11.3. The molecule has 0 radical (unpaired) electrons. The predicted molar refractivity (Wildman–Crippen MR) is 71.0 cm³/mol. The molecule has 98 valence electrons. The molecule has 0 bridgehead atoms. The molecule has 1 atom stereocenters. The topological polar surface area (TPSA) is 35.6 Å². The lowest BCUT2D eigenvalue weighted by molar-refractivity contribution is -0.132. The van der Waals surface area contributed by atoms with Crippen molar-refractivity contribution in [3.05, 3.63) is 12.2 Å². The third-order valence-electron chi connectivity index (χ3n) is 3.17. The number of rotatable bonds is 5. The molecule has 1 saturated heterocycles. The molecule has 0 aromatic heterocycles. The van der Waals surface area contributed by atoms with E-state index < -0.39 is 0 Å². The number of hydrogen-bond acceptors (Lipinski definition) is 3. The molecule has 17 heavy (non-hydrogen) atoms. The molecule has 1 heterocycles. The molecule has 1 amide bonds.